The van der Waals surface area contributed by atoms with Gasteiger partial charge in [0.15, 0.2) is 12.4 Å². The predicted octanol–water partition coefficient (Wildman–Crippen LogP) is 12.6. The van der Waals surface area contributed by atoms with Gasteiger partial charge in [-0.1, -0.05) is 219 Å². The molecule has 13 heteroatoms. The molecule has 0 radical (unpaired) electrons. The summed E-state index contributed by atoms with van der Waals surface area (Å²) in [6.07, 6.45) is 39.8. The highest BCUT2D eigenvalue weighted by Gasteiger charge is 2.46. The fourth-order valence-electron chi connectivity index (χ4n) is 8.62. The molecule has 2 unspecified atom stereocenters. The lowest BCUT2D eigenvalue weighted by atomic mass is 10.00. The summed E-state index contributed by atoms with van der Waals surface area (Å²) in [5.74, 6) is -1.98. The molecule has 0 amide bonds. The summed E-state index contributed by atoms with van der Waals surface area (Å²) in [6, 6.07) is 0. The second-order valence-electron chi connectivity index (χ2n) is 19.3. The van der Waals surface area contributed by atoms with Crippen molar-refractivity contribution in [3.8, 4) is 0 Å². The highest BCUT2D eigenvalue weighted by Crippen LogP contribution is 2.24. The summed E-state index contributed by atoms with van der Waals surface area (Å²) in [7, 11) is -4.60. The Morgan fingerprint density at radius 1 is 0.500 bits per heavy atom. The maximum atomic E-state index is 12.9. The van der Waals surface area contributed by atoms with E-state index in [-0.39, 0.29) is 19.4 Å². The third kappa shape index (κ3) is 37.3. The van der Waals surface area contributed by atoms with Gasteiger partial charge in [0.1, 0.15) is 36.8 Å². The van der Waals surface area contributed by atoms with Crippen LogP contribution in [0.25, 0.3) is 0 Å². The first-order valence-electron chi connectivity index (χ1n) is 27.2. The van der Waals surface area contributed by atoms with E-state index in [2.05, 4.69) is 26.0 Å². The van der Waals surface area contributed by atoms with Crippen LogP contribution in [0.4, 0.5) is 0 Å². The summed E-state index contributed by atoms with van der Waals surface area (Å²) >= 11 is 0. The van der Waals surface area contributed by atoms with Gasteiger partial charge in [-0.25, -0.2) is 0 Å². The van der Waals surface area contributed by atoms with Crippen molar-refractivity contribution in [3.05, 3.63) is 12.2 Å². The van der Waals surface area contributed by atoms with Crippen LogP contribution in [0.3, 0.4) is 0 Å². The molecule has 0 bridgehead atoms. The molecule has 12 nitrogen and oxygen atoms in total. The fraction of sp³-hybridized carbons (Fsp3) is 0.925. The van der Waals surface area contributed by atoms with Crippen LogP contribution in [0.2, 0.25) is 0 Å². The largest absolute Gasteiger partial charge is 0.462 e. The average Bonchev–Trinajstić information content (AvgIpc) is 3.28. The molecule has 66 heavy (non-hydrogen) atoms. The first-order valence-corrected chi connectivity index (χ1v) is 28.9. The van der Waals surface area contributed by atoms with Gasteiger partial charge in [-0.15, -0.1) is 0 Å². The lowest BCUT2D eigenvalue weighted by Gasteiger charge is -2.40. The van der Waals surface area contributed by atoms with Gasteiger partial charge in [-0.05, 0) is 38.5 Å². The van der Waals surface area contributed by atoms with E-state index in [9.17, 15) is 37.9 Å². The van der Waals surface area contributed by atoms with Gasteiger partial charge in [-0.3, -0.25) is 14.1 Å². The van der Waals surface area contributed by atoms with Gasteiger partial charge in [0, 0.05) is 12.8 Å². The Morgan fingerprint density at radius 3 is 1.27 bits per heavy atom. The van der Waals surface area contributed by atoms with E-state index in [1.807, 2.05) is 0 Å². The molecular formula is C53H100O12S. The number of aliphatic hydroxyl groups is 3. The molecule has 1 aliphatic rings. The number of hydrogen-bond acceptors (Lipinski definition) is 11. The topological polar surface area (TPSA) is 186 Å². The lowest BCUT2D eigenvalue weighted by molar-refractivity contribution is -0.297. The van der Waals surface area contributed by atoms with Crippen molar-refractivity contribution in [2.24, 2.45) is 0 Å². The minimum atomic E-state index is -4.60. The van der Waals surface area contributed by atoms with E-state index in [0.717, 1.165) is 44.9 Å². The minimum absolute atomic E-state index is 0.149. The zero-order valence-corrected chi connectivity index (χ0v) is 42.9. The van der Waals surface area contributed by atoms with Crippen LogP contribution in [0, 0.1) is 0 Å². The van der Waals surface area contributed by atoms with E-state index in [0.29, 0.717) is 12.8 Å². The normalized spacial score (nSPS) is 19.4. The van der Waals surface area contributed by atoms with Crippen LogP contribution in [0.1, 0.15) is 258 Å². The molecule has 1 saturated heterocycles. The first kappa shape index (κ1) is 62.4. The van der Waals surface area contributed by atoms with Gasteiger partial charge < -0.3 is 34.3 Å². The number of carbonyl (C=O) groups excluding carboxylic acids is 2. The number of unbranched alkanes of at least 4 members (excludes halogenated alkanes) is 33. The summed E-state index contributed by atoms with van der Waals surface area (Å²) in [6.45, 7) is 3.79. The monoisotopic (exact) mass is 961 g/mol. The van der Waals surface area contributed by atoms with Crippen molar-refractivity contribution in [2.75, 3.05) is 19.0 Å². The van der Waals surface area contributed by atoms with E-state index >= 15 is 0 Å². The maximum absolute atomic E-state index is 12.9. The zero-order valence-electron chi connectivity index (χ0n) is 42.1. The van der Waals surface area contributed by atoms with Crippen LogP contribution in [-0.4, -0.2) is 96.0 Å². The van der Waals surface area contributed by atoms with E-state index in [1.165, 1.54) is 173 Å². The zero-order chi connectivity index (χ0) is 48.4. The smallest absolute Gasteiger partial charge is 0.306 e. The Morgan fingerprint density at radius 2 is 0.864 bits per heavy atom. The molecule has 1 heterocycles. The summed E-state index contributed by atoms with van der Waals surface area (Å²) in [5, 5.41) is 31.0. The molecule has 4 N–H and O–H groups in total. The standard InChI is InChI=1S/C53H100O12S/c1-3-5-7-9-11-13-15-17-19-20-21-22-23-24-25-26-28-29-31-33-35-37-39-41-48(54)62-43-46(44-63-53-52(58)51(57)50(56)47(65-53)45-66(59,60)61)64-49(55)42-40-38-36-34-32-30-27-18-16-14-12-10-8-6-4-2/h30,32,46-47,50-53,56-58H,3-29,31,33-45H2,1-2H3,(H,59,60,61)/b32-30+/t46-,47-,50-,51?,52?,53+/m1/s1. The van der Waals surface area contributed by atoms with Crippen LogP contribution in [0.5, 0.6) is 0 Å². The van der Waals surface area contributed by atoms with Crippen LogP contribution in [-0.2, 0) is 38.7 Å². The molecule has 0 aromatic carbocycles. The molecule has 0 aliphatic carbocycles. The van der Waals surface area contributed by atoms with Crippen molar-refractivity contribution >= 4 is 22.1 Å². The molecule has 1 fully saturated rings. The highest BCUT2D eigenvalue weighted by atomic mass is 32.2. The number of esters is 2. The van der Waals surface area contributed by atoms with Crippen LogP contribution in [0.15, 0.2) is 12.2 Å². The number of carbonyl (C=O) groups is 2. The second-order valence-corrected chi connectivity index (χ2v) is 20.8. The SMILES string of the molecule is CCCCCCCCCC/C=C/CCCCCC(=O)O[C@H](COC(=O)CCCCCCCCCCCCCCCCCCCCCCCCC)CO[C@H]1O[C@H](CS(=O)(=O)O)[C@@H](O)C(O)C1O. The summed E-state index contributed by atoms with van der Waals surface area (Å²) in [4.78, 5) is 25.5. The van der Waals surface area contributed by atoms with Crippen molar-refractivity contribution in [1.82, 2.24) is 0 Å². The van der Waals surface area contributed by atoms with E-state index < -0.39 is 71.2 Å². The Bertz CT molecular complexity index is 1260. The number of hydrogen-bond donors (Lipinski definition) is 4. The van der Waals surface area contributed by atoms with Gasteiger partial charge in [0.25, 0.3) is 10.1 Å². The Kier molecular flexibility index (Phi) is 41.0. The van der Waals surface area contributed by atoms with E-state index in [1.54, 1.807) is 0 Å². The molecule has 1 rings (SSSR count). The predicted molar refractivity (Wildman–Crippen MR) is 266 cm³/mol. The molecule has 0 aromatic heterocycles. The molecule has 6 atom stereocenters. The molecule has 0 saturated carbocycles. The quantitative estimate of drug-likeness (QED) is 0.0196. The summed E-state index contributed by atoms with van der Waals surface area (Å²) < 4.78 is 54.3. The van der Waals surface area contributed by atoms with Crippen molar-refractivity contribution in [3.63, 3.8) is 0 Å². The second kappa shape index (κ2) is 43.4. The van der Waals surface area contributed by atoms with E-state index in [4.69, 9.17) is 18.9 Å². The van der Waals surface area contributed by atoms with Gasteiger partial charge in [-0.2, -0.15) is 8.42 Å². The average molecular weight is 961 g/mol. The molecule has 0 aromatic rings. The Balaban J connectivity index is 2.31. The van der Waals surface area contributed by atoms with Crippen LogP contribution >= 0.6 is 0 Å². The molecule has 0 spiro atoms. The number of ether oxygens (including phenoxy) is 4. The van der Waals surface area contributed by atoms with Crippen molar-refractivity contribution in [2.45, 2.75) is 295 Å². The highest BCUT2D eigenvalue weighted by molar-refractivity contribution is 7.85. The van der Waals surface area contributed by atoms with Crippen molar-refractivity contribution < 1.29 is 56.8 Å². The van der Waals surface area contributed by atoms with Gasteiger partial charge in [0.2, 0.25) is 0 Å². The number of aliphatic hydroxyl groups excluding tert-OH is 3. The molecule has 390 valence electrons. The molecular weight excluding hydrogens is 861 g/mol. The van der Waals surface area contributed by atoms with Gasteiger partial charge >= 0.3 is 11.9 Å². The number of rotatable bonds is 47. The minimum Gasteiger partial charge on any atom is -0.462 e. The maximum Gasteiger partial charge on any atom is 0.306 e. The number of allylic oxidation sites excluding steroid dienone is 2. The van der Waals surface area contributed by atoms with Crippen LogP contribution < -0.4 is 0 Å². The third-order valence-electron chi connectivity index (χ3n) is 12.8. The molecule has 1 aliphatic heterocycles. The lowest BCUT2D eigenvalue weighted by Crippen LogP contribution is -2.60. The summed E-state index contributed by atoms with van der Waals surface area (Å²) in [5.41, 5.74) is 0. The van der Waals surface area contributed by atoms with Gasteiger partial charge in [0.05, 0.1) is 6.61 Å². The fourth-order valence-corrected chi connectivity index (χ4v) is 9.31. The first-order chi connectivity index (χ1) is 32.0. The van der Waals surface area contributed by atoms with Crippen molar-refractivity contribution in [1.29, 1.82) is 0 Å². The third-order valence-corrected chi connectivity index (χ3v) is 13.6. The Labute approximate surface area is 403 Å². The Hall–Kier alpha value is -1.61.